The maximum atomic E-state index is 10.7. The number of hydrogen-bond donors (Lipinski definition) is 0. The molecule has 0 aliphatic carbocycles. The molecule has 2 aromatic rings. The number of halogens is 1. The molecular weight excluding hydrogens is 236 g/mol. The van der Waals surface area contributed by atoms with E-state index in [-0.39, 0.29) is 0 Å². The van der Waals surface area contributed by atoms with E-state index in [1.54, 1.807) is 36.4 Å². The standard InChI is InChI=1S/C14H11ClO2/c1-10-8-14(5-2-11(10)9-16)17-13-6-3-12(15)4-7-13/h2-9H,1H3. The van der Waals surface area contributed by atoms with Crippen LogP contribution < -0.4 is 4.74 Å². The molecule has 0 aliphatic rings. The number of rotatable bonds is 3. The Morgan fingerprint density at radius 3 is 2.29 bits per heavy atom. The van der Waals surface area contributed by atoms with Crippen LogP contribution in [0.25, 0.3) is 0 Å². The molecule has 0 aromatic heterocycles. The van der Waals surface area contributed by atoms with Crippen LogP contribution in [0.5, 0.6) is 11.5 Å². The average Bonchev–Trinajstić information content (AvgIpc) is 2.32. The van der Waals surface area contributed by atoms with Gasteiger partial charge in [-0.05, 0) is 55.0 Å². The lowest BCUT2D eigenvalue weighted by Crippen LogP contribution is -1.89. The van der Waals surface area contributed by atoms with Crippen LogP contribution >= 0.6 is 11.6 Å². The Morgan fingerprint density at radius 1 is 1.06 bits per heavy atom. The summed E-state index contributed by atoms with van der Waals surface area (Å²) in [6.45, 7) is 1.87. The van der Waals surface area contributed by atoms with Gasteiger partial charge in [-0.25, -0.2) is 0 Å². The van der Waals surface area contributed by atoms with Crippen molar-refractivity contribution in [3.63, 3.8) is 0 Å². The highest BCUT2D eigenvalue weighted by atomic mass is 35.5. The monoisotopic (exact) mass is 246 g/mol. The first-order valence-electron chi connectivity index (χ1n) is 5.18. The molecule has 0 unspecified atom stereocenters. The van der Waals surface area contributed by atoms with Crippen molar-refractivity contribution in [3.8, 4) is 11.5 Å². The van der Waals surface area contributed by atoms with Gasteiger partial charge in [-0.3, -0.25) is 4.79 Å². The van der Waals surface area contributed by atoms with Gasteiger partial charge in [0.05, 0.1) is 0 Å². The van der Waals surface area contributed by atoms with Crippen molar-refractivity contribution in [1.82, 2.24) is 0 Å². The molecule has 0 N–H and O–H groups in total. The summed E-state index contributed by atoms with van der Waals surface area (Å²) in [5, 5.41) is 0.671. The lowest BCUT2D eigenvalue weighted by molar-refractivity contribution is 0.112. The first kappa shape index (κ1) is 11.7. The van der Waals surface area contributed by atoms with E-state index in [1.165, 1.54) is 0 Å². The largest absolute Gasteiger partial charge is 0.457 e. The van der Waals surface area contributed by atoms with Crippen LogP contribution in [-0.4, -0.2) is 6.29 Å². The van der Waals surface area contributed by atoms with Gasteiger partial charge in [0, 0.05) is 10.6 Å². The van der Waals surface area contributed by atoms with Crippen LogP contribution in [0.4, 0.5) is 0 Å². The van der Waals surface area contributed by atoms with E-state index in [2.05, 4.69) is 0 Å². The maximum absolute atomic E-state index is 10.7. The molecule has 0 aliphatic heterocycles. The van der Waals surface area contributed by atoms with Crippen molar-refractivity contribution in [1.29, 1.82) is 0 Å². The van der Waals surface area contributed by atoms with E-state index in [0.717, 1.165) is 11.8 Å². The van der Waals surface area contributed by atoms with Gasteiger partial charge in [-0.15, -0.1) is 0 Å². The predicted molar refractivity (Wildman–Crippen MR) is 68.1 cm³/mol. The molecule has 2 rings (SSSR count). The zero-order chi connectivity index (χ0) is 12.3. The Hall–Kier alpha value is -1.80. The number of ether oxygens (including phenoxy) is 1. The van der Waals surface area contributed by atoms with Crippen molar-refractivity contribution < 1.29 is 9.53 Å². The molecule has 2 nitrogen and oxygen atoms in total. The Labute approximate surface area is 105 Å². The van der Waals surface area contributed by atoms with Crippen molar-refractivity contribution in [3.05, 3.63) is 58.6 Å². The Morgan fingerprint density at radius 2 is 1.71 bits per heavy atom. The molecule has 0 saturated carbocycles. The summed E-state index contributed by atoms with van der Waals surface area (Å²) < 4.78 is 5.64. The highest BCUT2D eigenvalue weighted by molar-refractivity contribution is 6.30. The van der Waals surface area contributed by atoms with Gasteiger partial charge in [-0.2, -0.15) is 0 Å². The van der Waals surface area contributed by atoms with Gasteiger partial charge in [0.25, 0.3) is 0 Å². The van der Waals surface area contributed by atoms with Gasteiger partial charge < -0.3 is 4.74 Å². The Kier molecular flexibility index (Phi) is 3.45. The van der Waals surface area contributed by atoms with Crippen LogP contribution in [0.2, 0.25) is 5.02 Å². The number of carbonyl (C=O) groups is 1. The molecule has 3 heteroatoms. The Bertz CT molecular complexity index is 532. The number of benzene rings is 2. The first-order valence-corrected chi connectivity index (χ1v) is 5.56. The minimum Gasteiger partial charge on any atom is -0.457 e. The summed E-state index contributed by atoms with van der Waals surface area (Å²) >= 11 is 5.79. The average molecular weight is 247 g/mol. The molecule has 86 valence electrons. The van der Waals surface area contributed by atoms with Crippen LogP contribution in [0.3, 0.4) is 0 Å². The summed E-state index contributed by atoms with van der Waals surface area (Å²) in [7, 11) is 0. The molecule has 0 radical (unpaired) electrons. The zero-order valence-electron chi connectivity index (χ0n) is 9.31. The van der Waals surface area contributed by atoms with Crippen molar-refractivity contribution in [2.45, 2.75) is 6.92 Å². The van der Waals surface area contributed by atoms with Gasteiger partial charge >= 0.3 is 0 Å². The fourth-order valence-electron chi connectivity index (χ4n) is 1.48. The third kappa shape index (κ3) is 2.86. The second-order valence-corrected chi connectivity index (χ2v) is 4.13. The number of hydrogen-bond acceptors (Lipinski definition) is 2. The van der Waals surface area contributed by atoms with Gasteiger partial charge in [-0.1, -0.05) is 11.6 Å². The molecular formula is C14H11ClO2. The molecule has 2 aromatic carbocycles. The fourth-order valence-corrected chi connectivity index (χ4v) is 1.61. The molecule has 0 spiro atoms. The number of aldehydes is 1. The van der Waals surface area contributed by atoms with Crippen molar-refractivity contribution >= 4 is 17.9 Å². The van der Waals surface area contributed by atoms with E-state index in [0.29, 0.717) is 22.1 Å². The van der Waals surface area contributed by atoms with Crippen LogP contribution in [0.15, 0.2) is 42.5 Å². The quantitative estimate of drug-likeness (QED) is 0.757. The minimum absolute atomic E-state index is 0.671. The molecule has 0 atom stereocenters. The van der Waals surface area contributed by atoms with E-state index in [9.17, 15) is 4.79 Å². The highest BCUT2D eigenvalue weighted by Gasteiger charge is 2.01. The smallest absolute Gasteiger partial charge is 0.150 e. The second-order valence-electron chi connectivity index (χ2n) is 3.69. The molecule has 0 amide bonds. The molecule has 0 saturated heterocycles. The summed E-state index contributed by atoms with van der Waals surface area (Å²) in [5.74, 6) is 1.42. The predicted octanol–water partition coefficient (Wildman–Crippen LogP) is 4.25. The summed E-state index contributed by atoms with van der Waals surface area (Å²) in [4.78, 5) is 10.7. The van der Waals surface area contributed by atoms with E-state index >= 15 is 0 Å². The van der Waals surface area contributed by atoms with Crippen molar-refractivity contribution in [2.75, 3.05) is 0 Å². The van der Waals surface area contributed by atoms with Crippen LogP contribution in [0, 0.1) is 6.92 Å². The Balaban J connectivity index is 2.21. The van der Waals surface area contributed by atoms with Gasteiger partial charge in [0.2, 0.25) is 0 Å². The molecule has 0 fully saturated rings. The van der Waals surface area contributed by atoms with Gasteiger partial charge in [0.15, 0.2) is 0 Å². The zero-order valence-corrected chi connectivity index (χ0v) is 10.1. The third-order valence-electron chi connectivity index (χ3n) is 2.42. The molecule has 0 heterocycles. The fraction of sp³-hybridized carbons (Fsp3) is 0.0714. The summed E-state index contributed by atoms with van der Waals surface area (Å²) in [6, 6.07) is 12.5. The van der Waals surface area contributed by atoms with Crippen LogP contribution in [0.1, 0.15) is 15.9 Å². The van der Waals surface area contributed by atoms with Crippen molar-refractivity contribution in [2.24, 2.45) is 0 Å². The van der Waals surface area contributed by atoms with E-state index in [4.69, 9.17) is 16.3 Å². The number of aryl methyl sites for hydroxylation is 1. The summed E-state index contributed by atoms with van der Waals surface area (Å²) in [6.07, 6.45) is 0.835. The van der Waals surface area contributed by atoms with Crippen LogP contribution in [-0.2, 0) is 0 Å². The lowest BCUT2D eigenvalue weighted by Gasteiger charge is -2.07. The molecule has 17 heavy (non-hydrogen) atoms. The second kappa shape index (κ2) is 5.02. The first-order chi connectivity index (χ1) is 8.19. The van der Waals surface area contributed by atoms with E-state index < -0.39 is 0 Å². The topological polar surface area (TPSA) is 26.3 Å². The highest BCUT2D eigenvalue weighted by Crippen LogP contribution is 2.24. The van der Waals surface area contributed by atoms with Gasteiger partial charge in [0.1, 0.15) is 17.8 Å². The lowest BCUT2D eigenvalue weighted by atomic mass is 10.1. The third-order valence-corrected chi connectivity index (χ3v) is 2.67. The number of carbonyl (C=O) groups excluding carboxylic acids is 1. The van der Waals surface area contributed by atoms with E-state index in [1.807, 2.05) is 13.0 Å². The summed E-state index contributed by atoms with van der Waals surface area (Å²) in [5.41, 5.74) is 1.57. The minimum atomic E-state index is 0.671. The normalized spacial score (nSPS) is 10.0. The maximum Gasteiger partial charge on any atom is 0.150 e. The SMILES string of the molecule is Cc1cc(Oc2ccc(Cl)cc2)ccc1C=O. The molecule has 0 bridgehead atoms.